The molecule has 0 fully saturated rings. The first-order valence-corrected chi connectivity index (χ1v) is 11.9. The summed E-state index contributed by atoms with van der Waals surface area (Å²) in [5.74, 6) is -1.08. The van der Waals surface area contributed by atoms with Crippen LogP contribution in [0.4, 0.5) is 13.2 Å². The highest BCUT2D eigenvalue weighted by atomic mass is 32.1. The summed E-state index contributed by atoms with van der Waals surface area (Å²) in [7, 11) is 1.28. The standard InChI is InChI=1S/C26H23F3N2O5S/c1-25(2,3)36-24(33)22-19(35-14-16-7-5-6-8-17(16)26(27,28)29)12-20(37-22)18-13-30-21-11-15(23(32)34-4)9-10-31(18)21/h5-13H,14H2,1-4H3. The Kier molecular flexibility index (Phi) is 7.00. The van der Waals surface area contributed by atoms with Crippen LogP contribution < -0.4 is 4.74 Å². The summed E-state index contributed by atoms with van der Waals surface area (Å²) in [5.41, 5.74) is -0.302. The monoisotopic (exact) mass is 532 g/mol. The largest absolute Gasteiger partial charge is 0.487 e. The number of benzene rings is 1. The molecule has 0 atom stereocenters. The third-order valence-electron chi connectivity index (χ3n) is 5.17. The molecule has 0 amide bonds. The number of esters is 2. The van der Waals surface area contributed by atoms with E-state index in [0.29, 0.717) is 21.8 Å². The average molecular weight is 533 g/mol. The molecule has 0 unspecified atom stereocenters. The molecule has 194 valence electrons. The highest BCUT2D eigenvalue weighted by molar-refractivity contribution is 7.17. The number of halogens is 3. The number of hydrogen-bond donors (Lipinski definition) is 0. The quantitative estimate of drug-likeness (QED) is 0.267. The summed E-state index contributed by atoms with van der Waals surface area (Å²) in [4.78, 5) is 29.8. The molecule has 0 radical (unpaired) electrons. The van der Waals surface area contributed by atoms with Crippen LogP contribution in [-0.4, -0.2) is 34.0 Å². The molecule has 0 saturated heterocycles. The van der Waals surface area contributed by atoms with E-state index in [1.807, 2.05) is 0 Å². The first kappa shape index (κ1) is 26.2. The summed E-state index contributed by atoms with van der Waals surface area (Å²) < 4.78 is 58.0. The van der Waals surface area contributed by atoms with Gasteiger partial charge in [0.2, 0.25) is 0 Å². The molecule has 0 spiro atoms. The zero-order valence-corrected chi connectivity index (χ0v) is 21.2. The van der Waals surface area contributed by atoms with Crippen LogP contribution in [0.3, 0.4) is 0 Å². The summed E-state index contributed by atoms with van der Waals surface area (Å²) in [6.07, 6.45) is -1.35. The second-order valence-electron chi connectivity index (χ2n) is 9.03. The Labute approximate surface area is 214 Å². The molecule has 0 bridgehead atoms. The first-order valence-electron chi connectivity index (χ1n) is 11.1. The molecule has 4 aromatic rings. The minimum atomic E-state index is -4.55. The molecule has 3 aromatic heterocycles. The molecule has 1 aromatic carbocycles. The van der Waals surface area contributed by atoms with Gasteiger partial charge in [-0.25, -0.2) is 14.6 Å². The molecule has 3 heterocycles. The number of aromatic nitrogens is 2. The van der Waals surface area contributed by atoms with Crippen molar-refractivity contribution < 1.29 is 37.0 Å². The van der Waals surface area contributed by atoms with Crippen LogP contribution in [0, 0.1) is 0 Å². The van der Waals surface area contributed by atoms with Gasteiger partial charge >= 0.3 is 18.1 Å². The number of nitrogens with zero attached hydrogens (tertiary/aromatic N) is 2. The number of alkyl halides is 3. The maximum atomic E-state index is 13.4. The Morgan fingerprint density at radius 1 is 1.05 bits per heavy atom. The summed E-state index contributed by atoms with van der Waals surface area (Å²) in [6, 6.07) is 9.79. The van der Waals surface area contributed by atoms with E-state index in [0.717, 1.165) is 17.4 Å². The van der Waals surface area contributed by atoms with Gasteiger partial charge in [0.05, 0.1) is 35.0 Å². The third kappa shape index (κ3) is 5.77. The zero-order chi connectivity index (χ0) is 27.0. The Bertz CT molecular complexity index is 1470. The van der Waals surface area contributed by atoms with Gasteiger partial charge in [-0.1, -0.05) is 18.2 Å². The van der Waals surface area contributed by atoms with Crippen LogP contribution in [0.1, 0.15) is 51.9 Å². The first-order chi connectivity index (χ1) is 17.4. The lowest BCUT2D eigenvalue weighted by Gasteiger charge is -2.19. The van der Waals surface area contributed by atoms with Gasteiger partial charge in [0.15, 0.2) is 4.88 Å². The van der Waals surface area contributed by atoms with Gasteiger partial charge in [0.1, 0.15) is 23.6 Å². The predicted molar refractivity (Wildman–Crippen MR) is 131 cm³/mol. The normalized spacial score (nSPS) is 12.0. The van der Waals surface area contributed by atoms with E-state index in [1.165, 1.54) is 25.3 Å². The number of rotatable bonds is 6. The van der Waals surface area contributed by atoms with E-state index in [1.54, 1.807) is 55.8 Å². The number of methoxy groups -OCH3 is 1. The van der Waals surface area contributed by atoms with Gasteiger partial charge in [0.25, 0.3) is 0 Å². The number of fused-ring (bicyclic) bond motifs is 1. The number of carbonyl (C=O) groups is 2. The molecule has 0 aliphatic rings. The number of thiophene rings is 1. The lowest BCUT2D eigenvalue weighted by molar-refractivity contribution is -0.138. The van der Waals surface area contributed by atoms with Crippen LogP contribution in [0.25, 0.3) is 16.2 Å². The minimum Gasteiger partial charge on any atom is -0.487 e. The van der Waals surface area contributed by atoms with E-state index in [4.69, 9.17) is 14.2 Å². The van der Waals surface area contributed by atoms with Crippen LogP contribution in [0.5, 0.6) is 5.75 Å². The highest BCUT2D eigenvalue weighted by Crippen LogP contribution is 2.39. The van der Waals surface area contributed by atoms with Gasteiger partial charge in [-0.05, 0) is 39.0 Å². The molecular weight excluding hydrogens is 509 g/mol. The Morgan fingerprint density at radius 3 is 2.46 bits per heavy atom. The van der Waals surface area contributed by atoms with Crippen molar-refractivity contribution in [3.05, 3.63) is 76.4 Å². The summed E-state index contributed by atoms with van der Waals surface area (Å²) >= 11 is 1.07. The van der Waals surface area contributed by atoms with Crippen molar-refractivity contribution in [1.82, 2.24) is 9.38 Å². The number of imidazole rings is 1. The number of carbonyl (C=O) groups excluding carboxylic acids is 2. The van der Waals surface area contributed by atoms with E-state index in [2.05, 4.69) is 4.98 Å². The molecule has 0 aliphatic carbocycles. The van der Waals surface area contributed by atoms with Crippen molar-refractivity contribution in [3.63, 3.8) is 0 Å². The lowest BCUT2D eigenvalue weighted by Crippen LogP contribution is -2.23. The third-order valence-corrected chi connectivity index (χ3v) is 6.29. The van der Waals surface area contributed by atoms with Crippen molar-refractivity contribution in [2.75, 3.05) is 7.11 Å². The molecule has 37 heavy (non-hydrogen) atoms. The maximum absolute atomic E-state index is 13.4. The SMILES string of the molecule is COC(=O)c1ccn2c(-c3cc(OCc4ccccc4C(F)(F)F)c(C(=O)OC(C)(C)C)s3)cnc2c1. The fourth-order valence-electron chi connectivity index (χ4n) is 3.56. The Hall–Kier alpha value is -3.86. The van der Waals surface area contributed by atoms with E-state index >= 15 is 0 Å². The zero-order valence-electron chi connectivity index (χ0n) is 20.4. The Balaban J connectivity index is 1.72. The summed E-state index contributed by atoms with van der Waals surface area (Å²) in [5, 5.41) is 0. The van der Waals surface area contributed by atoms with Gasteiger partial charge in [-0.15, -0.1) is 11.3 Å². The van der Waals surface area contributed by atoms with Gasteiger partial charge in [-0.2, -0.15) is 13.2 Å². The smallest absolute Gasteiger partial charge is 0.416 e. The number of pyridine rings is 1. The van der Waals surface area contributed by atoms with Crippen molar-refractivity contribution in [2.24, 2.45) is 0 Å². The van der Waals surface area contributed by atoms with Crippen molar-refractivity contribution >= 4 is 28.9 Å². The maximum Gasteiger partial charge on any atom is 0.416 e. The van der Waals surface area contributed by atoms with Crippen molar-refractivity contribution in [2.45, 2.75) is 39.2 Å². The molecule has 4 rings (SSSR count). The molecular formula is C26H23F3N2O5S. The lowest BCUT2D eigenvalue weighted by atomic mass is 10.1. The molecule has 11 heteroatoms. The van der Waals surface area contributed by atoms with Crippen LogP contribution in [-0.2, 0) is 22.3 Å². The van der Waals surface area contributed by atoms with Crippen LogP contribution in [0.15, 0.2) is 54.9 Å². The van der Waals surface area contributed by atoms with Gasteiger partial charge in [0, 0.05) is 17.8 Å². The fourth-order valence-corrected chi connectivity index (χ4v) is 4.55. The minimum absolute atomic E-state index is 0.0666. The van der Waals surface area contributed by atoms with E-state index < -0.39 is 35.9 Å². The van der Waals surface area contributed by atoms with Gasteiger partial charge in [-0.3, -0.25) is 4.40 Å². The van der Waals surface area contributed by atoms with Crippen molar-refractivity contribution in [3.8, 4) is 16.3 Å². The van der Waals surface area contributed by atoms with E-state index in [-0.39, 0.29) is 16.2 Å². The van der Waals surface area contributed by atoms with Crippen LogP contribution >= 0.6 is 11.3 Å². The topological polar surface area (TPSA) is 79.1 Å². The molecule has 0 saturated carbocycles. The number of ether oxygens (including phenoxy) is 3. The van der Waals surface area contributed by atoms with E-state index in [9.17, 15) is 22.8 Å². The van der Waals surface area contributed by atoms with Crippen molar-refractivity contribution in [1.29, 1.82) is 0 Å². The second kappa shape index (κ2) is 9.89. The predicted octanol–water partition coefficient (Wildman–Crippen LogP) is 6.40. The van der Waals surface area contributed by atoms with Crippen LogP contribution in [0.2, 0.25) is 0 Å². The average Bonchev–Trinajstić information content (AvgIpc) is 3.44. The molecule has 0 N–H and O–H groups in total. The Morgan fingerprint density at radius 2 is 1.78 bits per heavy atom. The second-order valence-corrected chi connectivity index (χ2v) is 10.1. The van der Waals surface area contributed by atoms with Gasteiger partial charge < -0.3 is 14.2 Å². The highest BCUT2D eigenvalue weighted by Gasteiger charge is 2.33. The number of hydrogen-bond acceptors (Lipinski definition) is 7. The molecule has 7 nitrogen and oxygen atoms in total. The summed E-state index contributed by atoms with van der Waals surface area (Å²) in [6.45, 7) is 4.73. The fraction of sp³-hybridized carbons (Fsp3) is 0.269. The molecule has 0 aliphatic heterocycles.